The molecule has 0 saturated carbocycles. The van der Waals surface area contributed by atoms with Gasteiger partial charge in [0.25, 0.3) is 0 Å². The molecule has 10 saturated heterocycles. The lowest BCUT2D eigenvalue weighted by atomic mass is 9.80. The number of nitrogens with two attached hydrogens (primary N) is 1. The minimum Gasteiger partial charge on any atom is -0.392 e. The molecule has 10 heterocycles. The number of hydrogen-bond acceptors (Lipinski definition) is 12. The van der Waals surface area contributed by atoms with Gasteiger partial charge in [-0.15, -0.1) is 0 Å². The van der Waals surface area contributed by atoms with E-state index < -0.39 is 18.0 Å². The van der Waals surface area contributed by atoms with E-state index in [1.165, 1.54) is 0 Å². The van der Waals surface area contributed by atoms with Crippen LogP contribution in [0.1, 0.15) is 96.8 Å². The summed E-state index contributed by atoms with van der Waals surface area (Å²) >= 11 is 0. The molecule has 10 aliphatic rings. The molecule has 19 atom stereocenters. The molecule has 0 aromatic heterocycles. The molecule has 53 heavy (non-hydrogen) atoms. The van der Waals surface area contributed by atoms with Crippen molar-refractivity contribution in [2.75, 3.05) is 13.7 Å². The van der Waals surface area contributed by atoms with Gasteiger partial charge >= 0.3 is 0 Å². The van der Waals surface area contributed by atoms with Crippen molar-refractivity contribution in [3.8, 4) is 0 Å². The number of ether oxygens (including phenoxy) is 9. The number of carbonyl (C=O) groups is 1. The highest BCUT2D eigenvalue weighted by atomic mass is 16.8. The van der Waals surface area contributed by atoms with Crippen molar-refractivity contribution in [1.29, 1.82) is 0 Å². The number of carbonyl (C=O) groups excluding carboxylic acids is 1. The summed E-state index contributed by atoms with van der Waals surface area (Å²) in [5.41, 5.74) is 8.06. The summed E-state index contributed by atoms with van der Waals surface area (Å²) in [6.07, 6.45) is 5.89. The molecule has 1 spiro atoms. The number of hydrogen-bond donors (Lipinski definition) is 2. The fourth-order valence-electron chi connectivity index (χ4n) is 11.6. The largest absolute Gasteiger partial charge is 0.392 e. The Hall–Kier alpha value is -1.29. The molecule has 0 radical (unpaired) electrons. The van der Waals surface area contributed by atoms with E-state index in [1.807, 2.05) is 0 Å². The highest BCUT2D eigenvalue weighted by Crippen LogP contribution is 2.54. The van der Waals surface area contributed by atoms with Gasteiger partial charge in [-0.2, -0.15) is 0 Å². The molecule has 10 rings (SSSR count). The summed E-state index contributed by atoms with van der Waals surface area (Å²) in [6.45, 7) is 11.3. The van der Waals surface area contributed by atoms with E-state index in [4.69, 9.17) is 48.4 Å². The van der Waals surface area contributed by atoms with Crippen LogP contribution in [-0.4, -0.2) is 128 Å². The molecular weight excluding hydrogens is 682 g/mol. The molecule has 12 nitrogen and oxygen atoms in total. The fraction of sp³-hybridized carbons (Fsp3) is 0.878. The van der Waals surface area contributed by atoms with E-state index in [9.17, 15) is 9.90 Å². The van der Waals surface area contributed by atoms with Crippen LogP contribution in [0.3, 0.4) is 0 Å². The lowest BCUT2D eigenvalue weighted by Crippen LogP contribution is -2.61. The first-order valence-electron chi connectivity index (χ1n) is 20.7. The van der Waals surface area contributed by atoms with Gasteiger partial charge in [-0.3, -0.25) is 4.79 Å². The third-order valence-corrected chi connectivity index (χ3v) is 14.3. The van der Waals surface area contributed by atoms with Gasteiger partial charge in [0.05, 0.1) is 67.1 Å². The second-order valence-corrected chi connectivity index (χ2v) is 17.6. The lowest BCUT2D eigenvalue weighted by Gasteiger charge is -2.47. The van der Waals surface area contributed by atoms with Crippen LogP contribution in [0.4, 0.5) is 0 Å². The number of rotatable bonds is 5. The summed E-state index contributed by atoms with van der Waals surface area (Å²) in [5.74, 6) is -0.567. The number of methoxy groups -OCH3 is 1. The second-order valence-electron chi connectivity index (χ2n) is 17.6. The number of aliphatic hydroxyl groups excluding tert-OH is 1. The Kier molecular flexibility index (Phi) is 10.5. The first-order chi connectivity index (χ1) is 25.6. The first kappa shape index (κ1) is 37.3. The summed E-state index contributed by atoms with van der Waals surface area (Å²) in [7, 11) is 1.66. The molecule has 0 aliphatic carbocycles. The third-order valence-electron chi connectivity index (χ3n) is 14.3. The van der Waals surface area contributed by atoms with Crippen molar-refractivity contribution < 1.29 is 52.5 Å². The number of fused-ring (bicyclic) bond motifs is 6. The quantitative estimate of drug-likeness (QED) is 0.395. The van der Waals surface area contributed by atoms with Crippen molar-refractivity contribution >= 4 is 5.78 Å². The van der Waals surface area contributed by atoms with Gasteiger partial charge in [0, 0.05) is 58.1 Å². The van der Waals surface area contributed by atoms with Crippen LogP contribution < -0.4 is 5.73 Å². The van der Waals surface area contributed by atoms with Crippen LogP contribution in [0.5, 0.6) is 0 Å². The molecule has 3 N–H and O–H groups in total. The van der Waals surface area contributed by atoms with Gasteiger partial charge in [0.2, 0.25) is 0 Å². The number of Topliss-reactive ketones (excluding diaryl/α,β-unsaturated/α-hetero) is 1. The van der Waals surface area contributed by atoms with Gasteiger partial charge in [-0.05, 0) is 68.4 Å². The van der Waals surface area contributed by atoms with E-state index in [0.717, 1.165) is 62.5 Å². The van der Waals surface area contributed by atoms with Crippen molar-refractivity contribution in [1.82, 2.24) is 0 Å². The molecule has 0 amide bonds. The van der Waals surface area contributed by atoms with Gasteiger partial charge in [0.1, 0.15) is 36.3 Å². The zero-order valence-corrected chi connectivity index (χ0v) is 31.5. The van der Waals surface area contributed by atoms with Crippen molar-refractivity contribution in [3.05, 3.63) is 24.3 Å². The highest BCUT2D eigenvalue weighted by Gasteiger charge is 2.68. The maximum absolute atomic E-state index is 14.1. The predicted molar refractivity (Wildman–Crippen MR) is 191 cm³/mol. The Morgan fingerprint density at radius 2 is 1.57 bits per heavy atom. The van der Waals surface area contributed by atoms with Crippen LogP contribution in [0.2, 0.25) is 0 Å². The predicted octanol–water partition coefficient (Wildman–Crippen LogP) is 3.83. The molecule has 10 aliphatic heterocycles. The second kappa shape index (κ2) is 14.9. The van der Waals surface area contributed by atoms with Crippen LogP contribution in [0.15, 0.2) is 24.3 Å². The van der Waals surface area contributed by atoms with Crippen LogP contribution in [0, 0.1) is 11.8 Å². The van der Waals surface area contributed by atoms with Gasteiger partial charge < -0.3 is 53.5 Å². The van der Waals surface area contributed by atoms with E-state index in [0.29, 0.717) is 31.6 Å². The summed E-state index contributed by atoms with van der Waals surface area (Å²) in [4.78, 5) is 14.1. The normalized spacial score (nSPS) is 51.6. The van der Waals surface area contributed by atoms with E-state index in [1.54, 1.807) is 7.11 Å². The van der Waals surface area contributed by atoms with Crippen molar-refractivity contribution in [3.63, 3.8) is 0 Å². The van der Waals surface area contributed by atoms with Gasteiger partial charge in [-0.1, -0.05) is 20.1 Å². The molecule has 296 valence electrons. The zero-order chi connectivity index (χ0) is 36.6. The molecule has 12 bridgehead atoms. The molecule has 12 heteroatoms. The minimum atomic E-state index is -0.781. The number of aliphatic hydroxyl groups is 1. The Morgan fingerprint density at radius 1 is 0.811 bits per heavy atom. The lowest BCUT2D eigenvalue weighted by molar-refractivity contribution is -0.292. The van der Waals surface area contributed by atoms with Gasteiger partial charge in [-0.25, -0.2) is 0 Å². The smallest absolute Gasteiger partial charge is 0.172 e. The SMILES string of the molecule is C=C1C[C@@H]2CC[C@@]34C[C@H]5O[C@H]6[C@@H](O3)[C@H]3O[C@H](CC[C@@H]3O[C@H]6[C@H]5O4)CC(=O)C[C@@H]3[C@@H](OC)[C@@H](C[C@H](O)CN)O[C@H]3C[C@H]3O[C@@H](CC[C@@H]1O2)C[C@@H](CC)C3=C. The Bertz CT molecular complexity index is 1400. The van der Waals surface area contributed by atoms with Crippen molar-refractivity contribution in [2.45, 2.75) is 200 Å². The standard InChI is InChI=1S/C41H61NO11/c1-5-22-13-25-6-8-29-20(2)12-27(46-29)10-11-41-18-34-37(52-41)38-39(51-34)40(53-41)36-30(50-38)9-7-26(48-36)14-23(43)15-28-32(17-31(47-25)21(22)3)49-33(35(28)45-4)16-24(44)19-42/h22,24-40,44H,2-3,5-19,42H2,1,4H3/t22-,24+,25+,26-,27+,28+,29+,30+,31-,32+,33-,34-,35-,36+,37+,38+,39-,40+,41+/m1/s1. The Morgan fingerprint density at radius 3 is 2.38 bits per heavy atom. The summed E-state index contributed by atoms with van der Waals surface area (Å²) in [6, 6.07) is 0. The maximum atomic E-state index is 14.1. The molecule has 0 unspecified atom stereocenters. The zero-order valence-electron chi connectivity index (χ0n) is 31.5. The molecular formula is C41H61NO11. The molecule has 0 aromatic carbocycles. The average Bonchev–Trinajstić information content (AvgIpc) is 3.82. The average molecular weight is 744 g/mol. The van der Waals surface area contributed by atoms with Crippen LogP contribution >= 0.6 is 0 Å². The van der Waals surface area contributed by atoms with E-state index in [-0.39, 0.29) is 117 Å². The first-order valence-corrected chi connectivity index (χ1v) is 20.7. The monoisotopic (exact) mass is 743 g/mol. The number of ketones is 1. The molecule has 10 fully saturated rings. The topological polar surface area (TPSA) is 146 Å². The van der Waals surface area contributed by atoms with Crippen LogP contribution in [-0.2, 0) is 47.4 Å². The minimum absolute atomic E-state index is 0.0160. The molecule has 0 aromatic rings. The maximum Gasteiger partial charge on any atom is 0.172 e. The summed E-state index contributed by atoms with van der Waals surface area (Å²) < 4.78 is 60.2. The Labute approximate surface area is 313 Å². The fourth-order valence-corrected chi connectivity index (χ4v) is 11.6. The highest BCUT2D eigenvalue weighted by molar-refractivity contribution is 5.79. The third kappa shape index (κ3) is 6.94. The van der Waals surface area contributed by atoms with Crippen LogP contribution in [0.25, 0.3) is 0 Å². The Balaban J connectivity index is 0.998. The van der Waals surface area contributed by atoms with Gasteiger partial charge in [0.15, 0.2) is 5.79 Å². The van der Waals surface area contributed by atoms with Crippen molar-refractivity contribution in [2.24, 2.45) is 17.6 Å². The van der Waals surface area contributed by atoms with E-state index >= 15 is 0 Å². The summed E-state index contributed by atoms with van der Waals surface area (Å²) in [5, 5.41) is 10.6. The van der Waals surface area contributed by atoms with E-state index in [2.05, 4.69) is 20.1 Å².